The van der Waals surface area contributed by atoms with Gasteiger partial charge in [0.2, 0.25) is 17.7 Å². The van der Waals surface area contributed by atoms with Gasteiger partial charge in [0.25, 0.3) is 0 Å². The summed E-state index contributed by atoms with van der Waals surface area (Å²) in [4.78, 5) is 49.9. The van der Waals surface area contributed by atoms with E-state index in [2.05, 4.69) is 16.0 Å². The largest absolute Gasteiger partial charge is 0.480 e. The van der Waals surface area contributed by atoms with E-state index in [4.69, 9.17) is 11.5 Å². The van der Waals surface area contributed by atoms with Crippen LogP contribution in [0, 0.1) is 17.8 Å². The van der Waals surface area contributed by atoms with Crippen LogP contribution < -0.4 is 27.4 Å². The van der Waals surface area contributed by atoms with E-state index in [1.807, 2.05) is 27.7 Å². The molecule has 10 heteroatoms. The molecule has 4 unspecified atom stereocenters. The molecule has 0 rings (SSSR count). The highest BCUT2D eigenvalue weighted by Crippen LogP contribution is 2.11. The molecule has 0 saturated heterocycles. The predicted octanol–water partition coefficient (Wildman–Crippen LogP) is 0.730. The molecule has 0 aromatic carbocycles. The van der Waals surface area contributed by atoms with Gasteiger partial charge in [0.05, 0.1) is 6.04 Å². The molecule has 0 aliphatic heterocycles. The summed E-state index contributed by atoms with van der Waals surface area (Å²) >= 11 is 0. The third kappa shape index (κ3) is 12.6. The molecule has 0 aromatic heterocycles. The first-order chi connectivity index (χ1) is 15.3. The standard InChI is InChI=1S/C23H45N5O5/c1-13(2)11-17(26-20(29)16(25)9-7-8-10-24)21(30)28-19(15(5)6)22(31)27-18(23(32)33)12-14(3)4/h13-19H,7-12,24-25H2,1-6H3,(H,26,29)(H,27,31)(H,28,30)(H,32,33). The second kappa shape index (κ2) is 15.6. The number of carboxylic acid groups (broad SMARTS) is 1. The third-order valence-electron chi connectivity index (χ3n) is 5.21. The van der Waals surface area contributed by atoms with Crippen molar-refractivity contribution in [2.45, 2.75) is 97.8 Å². The van der Waals surface area contributed by atoms with Crippen molar-refractivity contribution in [2.24, 2.45) is 29.2 Å². The summed E-state index contributed by atoms with van der Waals surface area (Å²) in [6.07, 6.45) is 2.57. The van der Waals surface area contributed by atoms with Gasteiger partial charge in [0.15, 0.2) is 0 Å². The van der Waals surface area contributed by atoms with E-state index in [1.54, 1.807) is 13.8 Å². The second-order valence-electron chi connectivity index (χ2n) is 9.84. The van der Waals surface area contributed by atoms with Crippen LogP contribution in [0.2, 0.25) is 0 Å². The summed E-state index contributed by atoms with van der Waals surface area (Å²) in [5.41, 5.74) is 11.4. The number of carbonyl (C=O) groups is 4. The van der Waals surface area contributed by atoms with Crippen molar-refractivity contribution < 1.29 is 24.3 Å². The highest BCUT2D eigenvalue weighted by atomic mass is 16.4. The predicted molar refractivity (Wildman–Crippen MR) is 128 cm³/mol. The number of unbranched alkanes of at least 4 members (excludes halogenated alkanes) is 1. The number of nitrogens with two attached hydrogens (primary N) is 2. The van der Waals surface area contributed by atoms with Gasteiger partial charge >= 0.3 is 5.97 Å². The minimum absolute atomic E-state index is 0.0678. The lowest BCUT2D eigenvalue weighted by atomic mass is 9.98. The van der Waals surface area contributed by atoms with E-state index in [1.165, 1.54) is 0 Å². The Hall–Kier alpha value is -2.20. The molecule has 192 valence electrons. The molecular weight excluding hydrogens is 426 g/mol. The zero-order chi connectivity index (χ0) is 25.7. The number of carboxylic acids is 1. The molecule has 0 fully saturated rings. The summed E-state index contributed by atoms with van der Waals surface area (Å²) in [6.45, 7) is 11.6. The fourth-order valence-electron chi connectivity index (χ4n) is 3.36. The van der Waals surface area contributed by atoms with Crippen LogP contribution >= 0.6 is 0 Å². The van der Waals surface area contributed by atoms with Crippen LogP contribution in [0.25, 0.3) is 0 Å². The Balaban J connectivity index is 5.34. The van der Waals surface area contributed by atoms with Crippen molar-refractivity contribution in [3.63, 3.8) is 0 Å². The lowest BCUT2D eigenvalue weighted by Crippen LogP contribution is -2.58. The molecule has 0 radical (unpaired) electrons. The van der Waals surface area contributed by atoms with Gasteiger partial charge in [-0.1, -0.05) is 48.0 Å². The van der Waals surface area contributed by atoms with Gasteiger partial charge in [0.1, 0.15) is 18.1 Å². The molecule has 33 heavy (non-hydrogen) atoms. The maximum Gasteiger partial charge on any atom is 0.326 e. The van der Waals surface area contributed by atoms with Crippen molar-refractivity contribution >= 4 is 23.7 Å². The molecule has 0 aliphatic carbocycles. The number of rotatable bonds is 16. The van der Waals surface area contributed by atoms with Gasteiger partial charge in [-0.2, -0.15) is 0 Å². The minimum atomic E-state index is -1.13. The van der Waals surface area contributed by atoms with Gasteiger partial charge in [-0.25, -0.2) is 4.79 Å². The monoisotopic (exact) mass is 471 g/mol. The number of nitrogens with one attached hydrogen (secondary N) is 3. The first-order valence-corrected chi connectivity index (χ1v) is 11.9. The van der Waals surface area contributed by atoms with Gasteiger partial charge in [-0.05, 0) is 50.0 Å². The fourth-order valence-corrected chi connectivity index (χ4v) is 3.36. The Labute approximate surface area is 198 Å². The third-order valence-corrected chi connectivity index (χ3v) is 5.21. The van der Waals surface area contributed by atoms with E-state index in [-0.39, 0.29) is 24.2 Å². The molecule has 3 amide bonds. The fraction of sp³-hybridized carbons (Fsp3) is 0.826. The molecule has 10 nitrogen and oxygen atoms in total. The number of amides is 3. The van der Waals surface area contributed by atoms with E-state index in [9.17, 15) is 24.3 Å². The Morgan fingerprint density at radius 1 is 0.758 bits per heavy atom. The van der Waals surface area contributed by atoms with Crippen molar-refractivity contribution in [1.82, 2.24) is 16.0 Å². The van der Waals surface area contributed by atoms with Crippen LogP contribution in [0.1, 0.15) is 73.6 Å². The average molecular weight is 472 g/mol. The van der Waals surface area contributed by atoms with Crippen molar-refractivity contribution in [3.8, 4) is 0 Å². The first-order valence-electron chi connectivity index (χ1n) is 11.9. The average Bonchev–Trinajstić information content (AvgIpc) is 2.69. The van der Waals surface area contributed by atoms with Crippen molar-refractivity contribution in [2.75, 3.05) is 6.54 Å². The molecule has 8 N–H and O–H groups in total. The second-order valence-corrected chi connectivity index (χ2v) is 9.84. The smallest absolute Gasteiger partial charge is 0.326 e. The first kappa shape index (κ1) is 30.8. The molecule has 0 heterocycles. The van der Waals surface area contributed by atoms with Crippen LogP contribution in [0.3, 0.4) is 0 Å². The summed E-state index contributed by atoms with van der Waals surface area (Å²) in [7, 11) is 0. The Morgan fingerprint density at radius 2 is 1.27 bits per heavy atom. The van der Waals surface area contributed by atoms with Crippen LogP contribution in [0.5, 0.6) is 0 Å². The van der Waals surface area contributed by atoms with Gasteiger partial charge in [-0.15, -0.1) is 0 Å². The summed E-state index contributed by atoms with van der Waals surface area (Å²) in [6, 6.07) is -3.61. The van der Waals surface area contributed by atoms with E-state index >= 15 is 0 Å². The SMILES string of the molecule is CC(C)CC(NC(=O)C(NC(=O)C(CC(C)C)NC(=O)C(N)CCCCN)C(C)C)C(=O)O. The topological polar surface area (TPSA) is 177 Å². The molecule has 0 spiro atoms. The molecule has 0 aromatic rings. The summed E-state index contributed by atoms with van der Waals surface area (Å²) in [5, 5.41) is 17.4. The quantitative estimate of drug-likeness (QED) is 0.180. The number of carbonyl (C=O) groups excluding carboxylic acids is 3. The number of aliphatic carboxylic acids is 1. The van der Waals surface area contributed by atoms with Crippen molar-refractivity contribution in [1.29, 1.82) is 0 Å². The minimum Gasteiger partial charge on any atom is -0.480 e. The zero-order valence-corrected chi connectivity index (χ0v) is 21.0. The van der Waals surface area contributed by atoms with Gasteiger partial charge < -0.3 is 32.5 Å². The number of hydrogen-bond acceptors (Lipinski definition) is 6. The molecule has 0 bridgehead atoms. The molecule has 4 atom stereocenters. The molecule has 0 aliphatic rings. The lowest BCUT2D eigenvalue weighted by molar-refractivity contribution is -0.143. The number of hydrogen-bond donors (Lipinski definition) is 6. The van der Waals surface area contributed by atoms with E-state index < -0.39 is 47.9 Å². The van der Waals surface area contributed by atoms with Crippen LogP contribution in [-0.4, -0.2) is 59.5 Å². The summed E-state index contributed by atoms with van der Waals surface area (Å²) in [5.74, 6) is -2.76. The highest BCUT2D eigenvalue weighted by Gasteiger charge is 2.32. The van der Waals surface area contributed by atoms with Crippen LogP contribution in [-0.2, 0) is 19.2 Å². The van der Waals surface area contributed by atoms with Gasteiger partial charge in [-0.3, -0.25) is 14.4 Å². The molecular formula is C23H45N5O5. The van der Waals surface area contributed by atoms with Crippen LogP contribution in [0.4, 0.5) is 0 Å². The summed E-state index contributed by atoms with van der Waals surface area (Å²) < 4.78 is 0. The normalized spacial score (nSPS) is 15.1. The maximum absolute atomic E-state index is 13.0. The maximum atomic E-state index is 13.0. The van der Waals surface area contributed by atoms with Gasteiger partial charge in [0, 0.05) is 0 Å². The van der Waals surface area contributed by atoms with Crippen LogP contribution in [0.15, 0.2) is 0 Å². The highest BCUT2D eigenvalue weighted by molar-refractivity contribution is 5.94. The Kier molecular flexibility index (Phi) is 14.6. The Bertz CT molecular complexity index is 639. The zero-order valence-electron chi connectivity index (χ0n) is 21.0. The van der Waals surface area contributed by atoms with E-state index in [0.29, 0.717) is 25.8 Å². The molecule has 0 saturated carbocycles. The Morgan fingerprint density at radius 3 is 1.73 bits per heavy atom. The van der Waals surface area contributed by atoms with E-state index in [0.717, 1.165) is 6.42 Å². The lowest BCUT2D eigenvalue weighted by Gasteiger charge is -2.28. The van der Waals surface area contributed by atoms with Crippen molar-refractivity contribution in [3.05, 3.63) is 0 Å².